The van der Waals surface area contributed by atoms with E-state index >= 15 is 0 Å². The van der Waals surface area contributed by atoms with Crippen LogP contribution in [0.5, 0.6) is 0 Å². The molecule has 0 aromatic rings. The van der Waals surface area contributed by atoms with Gasteiger partial charge in [0.2, 0.25) is 5.91 Å². The average molecular weight is 82.1 g/mol. The molecule has 1 radical (unpaired) electrons. The zero-order chi connectivity index (χ0) is 4.41. The summed E-state index contributed by atoms with van der Waals surface area (Å²) in [5, 5.41) is 0. The van der Waals surface area contributed by atoms with E-state index in [1.54, 1.807) is 0 Å². The van der Waals surface area contributed by atoms with Crippen LogP contribution in [0.1, 0.15) is 12.8 Å². The smallest absolute Gasteiger partial charge is 0.246 e. The number of hydrogen-bond donors (Lipinski definition) is 0. The van der Waals surface area contributed by atoms with E-state index in [-0.39, 0.29) is 5.91 Å². The van der Waals surface area contributed by atoms with Crippen molar-refractivity contribution < 1.29 is 4.79 Å². The van der Waals surface area contributed by atoms with Gasteiger partial charge in [0.25, 0.3) is 0 Å². The van der Waals surface area contributed by atoms with Crippen LogP contribution in [-0.4, -0.2) is 12.1 Å². The minimum Gasteiger partial charge on any atom is -0.273 e. The van der Waals surface area contributed by atoms with E-state index in [1.807, 2.05) is 0 Å². The molecule has 31 valence electrons. The summed E-state index contributed by atoms with van der Waals surface area (Å²) < 4.78 is 0. The summed E-state index contributed by atoms with van der Waals surface area (Å²) >= 11 is 0. The molecule has 0 aliphatic carbocycles. The van der Waals surface area contributed by atoms with Crippen LogP contribution in [0.2, 0.25) is 0 Å². The van der Waals surface area contributed by atoms with E-state index in [4.69, 9.17) is 0 Å². The average Bonchev–Trinajstić information content (AvgIpc) is 1.86. The van der Waals surface area contributed by atoms with Crippen LogP contribution in [0.3, 0.4) is 0 Å². The molecular weight excluding hydrogens is 78.0 g/mol. The maximum Gasteiger partial charge on any atom is 0.246 e. The molecule has 0 saturated carbocycles. The Morgan fingerprint density at radius 2 is 2.67 bits per heavy atom. The van der Waals surface area contributed by atoms with E-state index in [0.29, 0.717) is 6.42 Å². The molecule has 0 atom stereocenters. The molecule has 1 rings (SSSR count). The zero-order valence-corrected chi connectivity index (χ0v) is 3.27. The molecular formula is C4H4NO. The SMILES string of the molecule is O=C1CC[C]=N1. The van der Waals surface area contributed by atoms with Crippen LogP contribution < -0.4 is 0 Å². The second-order valence-electron chi connectivity index (χ2n) is 1.16. The first-order chi connectivity index (χ1) is 2.89. The predicted octanol–water partition coefficient (Wildman–Crippen LogP) is 0.255. The van der Waals surface area contributed by atoms with E-state index in [9.17, 15) is 4.79 Å². The number of carbonyl (C=O) groups excluding carboxylic acids is 1. The second-order valence-corrected chi connectivity index (χ2v) is 1.16. The maximum atomic E-state index is 10.0. The number of hydrogen-bond acceptors (Lipinski definition) is 1. The fourth-order valence-corrected chi connectivity index (χ4v) is 0.363. The Balaban J connectivity index is 2.59. The van der Waals surface area contributed by atoms with Crippen molar-refractivity contribution in [2.24, 2.45) is 4.99 Å². The topological polar surface area (TPSA) is 29.4 Å². The van der Waals surface area contributed by atoms with Gasteiger partial charge in [-0.2, -0.15) is 0 Å². The molecule has 0 fully saturated rings. The first kappa shape index (κ1) is 3.53. The van der Waals surface area contributed by atoms with Crippen LogP contribution in [0.25, 0.3) is 0 Å². The summed E-state index contributed by atoms with van der Waals surface area (Å²) in [6.07, 6.45) is 3.84. The minimum atomic E-state index is -0.0324. The number of amides is 1. The van der Waals surface area contributed by atoms with Gasteiger partial charge in [-0.3, -0.25) is 4.79 Å². The van der Waals surface area contributed by atoms with Gasteiger partial charge in [-0.05, 0) is 0 Å². The van der Waals surface area contributed by atoms with Crippen LogP contribution in [0.4, 0.5) is 0 Å². The lowest BCUT2D eigenvalue weighted by molar-refractivity contribution is -0.117. The van der Waals surface area contributed by atoms with Crippen LogP contribution in [-0.2, 0) is 4.79 Å². The highest BCUT2D eigenvalue weighted by Gasteiger charge is 2.01. The fraction of sp³-hybridized carbons (Fsp3) is 0.500. The molecule has 1 aliphatic heterocycles. The van der Waals surface area contributed by atoms with Gasteiger partial charge in [-0.1, -0.05) is 0 Å². The molecule has 0 saturated heterocycles. The summed E-state index contributed by atoms with van der Waals surface area (Å²) in [5.74, 6) is -0.0324. The van der Waals surface area contributed by atoms with Crippen molar-refractivity contribution in [2.75, 3.05) is 0 Å². The zero-order valence-electron chi connectivity index (χ0n) is 3.27. The van der Waals surface area contributed by atoms with Crippen LogP contribution in [0.15, 0.2) is 4.99 Å². The minimum absolute atomic E-state index is 0.0324. The molecule has 1 aliphatic rings. The Hall–Kier alpha value is -0.660. The Bertz CT molecular complexity index is 95.7. The lowest BCUT2D eigenvalue weighted by atomic mass is 10.4. The third kappa shape index (κ3) is 0.455. The van der Waals surface area contributed by atoms with Gasteiger partial charge in [0.05, 0.1) is 6.21 Å². The third-order valence-electron chi connectivity index (χ3n) is 0.654. The fourth-order valence-electron chi connectivity index (χ4n) is 0.363. The van der Waals surface area contributed by atoms with E-state index in [0.717, 1.165) is 6.42 Å². The number of carbonyl (C=O) groups is 1. The van der Waals surface area contributed by atoms with Crippen molar-refractivity contribution in [3.05, 3.63) is 0 Å². The van der Waals surface area contributed by atoms with Gasteiger partial charge < -0.3 is 0 Å². The first-order valence-corrected chi connectivity index (χ1v) is 1.86. The predicted molar refractivity (Wildman–Crippen MR) is 21.7 cm³/mol. The highest BCUT2D eigenvalue weighted by molar-refractivity contribution is 5.91. The number of nitrogens with zero attached hydrogens (tertiary/aromatic N) is 1. The van der Waals surface area contributed by atoms with E-state index < -0.39 is 0 Å². The van der Waals surface area contributed by atoms with Crippen molar-refractivity contribution in [1.29, 1.82) is 0 Å². The Morgan fingerprint density at radius 1 is 1.83 bits per heavy atom. The molecule has 1 heterocycles. The van der Waals surface area contributed by atoms with Gasteiger partial charge in [-0.15, -0.1) is 0 Å². The number of rotatable bonds is 0. The quantitative estimate of drug-likeness (QED) is 0.412. The molecule has 1 amide bonds. The lowest BCUT2D eigenvalue weighted by Crippen LogP contribution is -1.79. The molecule has 0 N–H and O–H groups in total. The summed E-state index contributed by atoms with van der Waals surface area (Å²) in [6, 6.07) is 0. The molecule has 0 aromatic heterocycles. The second kappa shape index (κ2) is 1.20. The molecule has 2 heteroatoms. The van der Waals surface area contributed by atoms with E-state index in [1.165, 1.54) is 0 Å². The van der Waals surface area contributed by atoms with Gasteiger partial charge in [-0.25, -0.2) is 4.99 Å². The molecule has 2 nitrogen and oxygen atoms in total. The number of aliphatic imine (C=N–C) groups is 1. The highest BCUT2D eigenvalue weighted by atomic mass is 16.1. The summed E-state index contributed by atoms with van der Waals surface area (Å²) in [4.78, 5) is 13.4. The molecule has 0 aromatic carbocycles. The summed E-state index contributed by atoms with van der Waals surface area (Å²) in [7, 11) is 0. The normalized spacial score (nSPS) is 19.7. The van der Waals surface area contributed by atoms with Crippen molar-refractivity contribution in [3.8, 4) is 0 Å². The lowest BCUT2D eigenvalue weighted by Gasteiger charge is -1.68. The Morgan fingerprint density at radius 3 is 2.83 bits per heavy atom. The first-order valence-electron chi connectivity index (χ1n) is 1.86. The maximum absolute atomic E-state index is 10.0. The van der Waals surface area contributed by atoms with Gasteiger partial charge in [0, 0.05) is 12.8 Å². The van der Waals surface area contributed by atoms with Crippen molar-refractivity contribution in [3.63, 3.8) is 0 Å². The molecule has 0 spiro atoms. The summed E-state index contributed by atoms with van der Waals surface area (Å²) in [5.41, 5.74) is 0. The van der Waals surface area contributed by atoms with E-state index in [2.05, 4.69) is 11.2 Å². The molecule has 6 heavy (non-hydrogen) atoms. The molecule has 0 unspecified atom stereocenters. The highest BCUT2D eigenvalue weighted by Crippen LogP contribution is 1.95. The molecule has 0 bridgehead atoms. The van der Waals surface area contributed by atoms with Gasteiger partial charge in [0.1, 0.15) is 0 Å². The standard InChI is InChI=1S/C4H4NO/c6-4-2-1-3-5-4/h1-2H2. The van der Waals surface area contributed by atoms with Crippen LogP contribution in [0, 0.1) is 0 Å². The largest absolute Gasteiger partial charge is 0.273 e. The van der Waals surface area contributed by atoms with Gasteiger partial charge >= 0.3 is 0 Å². The monoisotopic (exact) mass is 82.0 g/mol. The van der Waals surface area contributed by atoms with Crippen molar-refractivity contribution >= 4 is 12.1 Å². The summed E-state index contributed by atoms with van der Waals surface area (Å²) in [6.45, 7) is 0. The van der Waals surface area contributed by atoms with Crippen LogP contribution >= 0.6 is 0 Å². The van der Waals surface area contributed by atoms with Crippen molar-refractivity contribution in [1.82, 2.24) is 0 Å². The third-order valence-corrected chi connectivity index (χ3v) is 0.654. The Labute approximate surface area is 35.9 Å². The van der Waals surface area contributed by atoms with Gasteiger partial charge in [0.15, 0.2) is 0 Å². The Kier molecular flexibility index (Phi) is 0.708. The van der Waals surface area contributed by atoms with Crippen molar-refractivity contribution in [2.45, 2.75) is 12.8 Å².